The normalized spacial score (nSPS) is 21.3. The van der Waals surface area contributed by atoms with Gasteiger partial charge in [-0.2, -0.15) is 13.2 Å². The number of rotatable bonds is 8. The van der Waals surface area contributed by atoms with Crippen LogP contribution in [0.15, 0.2) is 42.7 Å². The third-order valence-electron chi connectivity index (χ3n) is 8.56. The quantitative estimate of drug-likeness (QED) is 0.368. The molecule has 0 unspecified atom stereocenters. The third-order valence-corrected chi connectivity index (χ3v) is 8.56. The van der Waals surface area contributed by atoms with Gasteiger partial charge in [-0.1, -0.05) is 12.1 Å². The number of halogens is 4. The lowest BCUT2D eigenvalue weighted by molar-refractivity contribution is -0.138. The molecule has 1 aromatic heterocycles. The SMILES string of the molecule is COC[C@H]1CCCN1Cc1cc2c(c(C(F)(F)F)c1)CN(c1cccc(C3([C@H](F)c4nncn4C)COC3)c1)C2=O. The fourth-order valence-corrected chi connectivity index (χ4v) is 6.27. The Kier molecular flexibility index (Phi) is 7.11. The summed E-state index contributed by atoms with van der Waals surface area (Å²) in [4.78, 5) is 17.1. The number of methoxy groups -OCH3 is 1. The molecule has 0 spiro atoms. The van der Waals surface area contributed by atoms with Gasteiger partial charge >= 0.3 is 6.18 Å². The lowest BCUT2D eigenvalue weighted by Gasteiger charge is -2.43. The van der Waals surface area contributed by atoms with Crippen molar-refractivity contribution in [3.05, 3.63) is 76.4 Å². The van der Waals surface area contributed by atoms with E-state index in [9.17, 15) is 18.0 Å². The van der Waals surface area contributed by atoms with Crippen LogP contribution >= 0.6 is 0 Å². The molecule has 218 valence electrons. The van der Waals surface area contributed by atoms with Gasteiger partial charge in [0.1, 0.15) is 6.33 Å². The van der Waals surface area contributed by atoms with Gasteiger partial charge < -0.3 is 18.9 Å². The zero-order valence-corrected chi connectivity index (χ0v) is 22.8. The number of aromatic nitrogens is 3. The molecule has 0 bridgehead atoms. The second-order valence-corrected chi connectivity index (χ2v) is 11.1. The van der Waals surface area contributed by atoms with Gasteiger partial charge in [0.15, 0.2) is 12.0 Å². The van der Waals surface area contributed by atoms with E-state index in [1.54, 1.807) is 44.5 Å². The van der Waals surface area contributed by atoms with E-state index in [4.69, 9.17) is 9.47 Å². The van der Waals surface area contributed by atoms with Crippen LogP contribution in [0.25, 0.3) is 0 Å². The maximum absolute atomic E-state index is 15.9. The molecule has 3 aliphatic heterocycles. The van der Waals surface area contributed by atoms with E-state index in [0.717, 1.165) is 19.4 Å². The number of aryl methyl sites for hydroxylation is 1. The van der Waals surface area contributed by atoms with Gasteiger partial charge in [-0.25, -0.2) is 4.39 Å². The predicted octanol–water partition coefficient (Wildman–Crippen LogP) is 4.58. The molecule has 2 saturated heterocycles. The summed E-state index contributed by atoms with van der Waals surface area (Å²) in [5.74, 6) is -0.361. The first-order chi connectivity index (χ1) is 19.6. The van der Waals surface area contributed by atoms with Crippen molar-refractivity contribution < 1.29 is 31.8 Å². The minimum atomic E-state index is -4.62. The number of ether oxygens (including phenoxy) is 2. The molecule has 0 aliphatic carbocycles. The highest BCUT2D eigenvalue weighted by Gasteiger charge is 2.51. The number of anilines is 1. The molecule has 12 heteroatoms. The molecular formula is C29H31F4N5O3. The molecule has 2 fully saturated rings. The van der Waals surface area contributed by atoms with Crippen molar-refractivity contribution in [1.82, 2.24) is 19.7 Å². The molecule has 0 radical (unpaired) electrons. The first kappa shape index (κ1) is 27.8. The van der Waals surface area contributed by atoms with Crippen molar-refractivity contribution in [2.24, 2.45) is 7.05 Å². The van der Waals surface area contributed by atoms with Crippen molar-refractivity contribution in [3.8, 4) is 0 Å². The second-order valence-electron chi connectivity index (χ2n) is 11.1. The molecule has 8 nitrogen and oxygen atoms in total. The third kappa shape index (κ3) is 4.81. The van der Waals surface area contributed by atoms with Crippen LogP contribution < -0.4 is 4.90 Å². The van der Waals surface area contributed by atoms with Gasteiger partial charge in [-0.05, 0) is 60.3 Å². The summed E-state index contributed by atoms with van der Waals surface area (Å²) in [6.45, 7) is 1.53. The molecule has 2 aromatic carbocycles. The van der Waals surface area contributed by atoms with Crippen molar-refractivity contribution in [2.45, 2.75) is 49.7 Å². The Morgan fingerprint density at radius 2 is 2.02 bits per heavy atom. The largest absolute Gasteiger partial charge is 0.416 e. The Morgan fingerprint density at radius 3 is 2.68 bits per heavy atom. The number of likely N-dealkylation sites (tertiary alicyclic amines) is 1. The summed E-state index contributed by atoms with van der Waals surface area (Å²) in [7, 11) is 3.26. The summed E-state index contributed by atoms with van der Waals surface area (Å²) in [6, 6.07) is 9.64. The van der Waals surface area contributed by atoms with E-state index in [2.05, 4.69) is 15.1 Å². The van der Waals surface area contributed by atoms with Crippen LogP contribution in [0, 0.1) is 0 Å². The minimum absolute atomic E-state index is 0.0457. The zero-order chi connectivity index (χ0) is 28.9. The zero-order valence-electron chi connectivity index (χ0n) is 22.8. The number of carbonyl (C=O) groups excluding carboxylic acids is 1. The van der Waals surface area contributed by atoms with Crippen LogP contribution in [0.2, 0.25) is 0 Å². The Balaban J connectivity index is 1.32. The molecule has 0 N–H and O–H groups in total. The molecule has 2 atom stereocenters. The summed E-state index contributed by atoms with van der Waals surface area (Å²) in [6.07, 6.45) is -2.88. The number of carbonyl (C=O) groups is 1. The first-order valence-corrected chi connectivity index (χ1v) is 13.6. The fraction of sp³-hybridized carbons (Fsp3) is 0.483. The van der Waals surface area contributed by atoms with Gasteiger partial charge in [-0.15, -0.1) is 10.2 Å². The van der Waals surface area contributed by atoms with E-state index in [-0.39, 0.29) is 42.8 Å². The van der Waals surface area contributed by atoms with Crippen LogP contribution in [0.1, 0.15) is 57.4 Å². The Morgan fingerprint density at radius 1 is 1.22 bits per heavy atom. The van der Waals surface area contributed by atoms with Gasteiger partial charge in [0.2, 0.25) is 0 Å². The van der Waals surface area contributed by atoms with Crippen molar-refractivity contribution in [1.29, 1.82) is 0 Å². The monoisotopic (exact) mass is 573 g/mol. The van der Waals surface area contributed by atoms with E-state index >= 15 is 4.39 Å². The van der Waals surface area contributed by atoms with Crippen LogP contribution in [0.5, 0.6) is 0 Å². The van der Waals surface area contributed by atoms with E-state index in [0.29, 0.717) is 30.0 Å². The summed E-state index contributed by atoms with van der Waals surface area (Å²) in [5.41, 5.74) is -0.426. The van der Waals surface area contributed by atoms with Gasteiger partial charge in [-0.3, -0.25) is 9.69 Å². The van der Waals surface area contributed by atoms with Crippen LogP contribution in [0.3, 0.4) is 0 Å². The number of nitrogens with zero attached hydrogens (tertiary/aromatic N) is 5. The topological polar surface area (TPSA) is 72.7 Å². The first-order valence-electron chi connectivity index (χ1n) is 13.6. The van der Waals surface area contributed by atoms with Gasteiger partial charge in [0.25, 0.3) is 5.91 Å². The van der Waals surface area contributed by atoms with E-state index in [1.165, 1.54) is 21.9 Å². The maximum Gasteiger partial charge on any atom is 0.416 e. The average molecular weight is 574 g/mol. The maximum atomic E-state index is 15.9. The van der Waals surface area contributed by atoms with Gasteiger partial charge in [0, 0.05) is 38.0 Å². The number of amides is 1. The molecule has 6 rings (SSSR count). The smallest absolute Gasteiger partial charge is 0.383 e. The molecule has 41 heavy (non-hydrogen) atoms. The highest BCUT2D eigenvalue weighted by Crippen LogP contribution is 2.47. The number of hydrogen-bond acceptors (Lipinski definition) is 6. The lowest BCUT2D eigenvalue weighted by Crippen LogP contribution is -2.50. The minimum Gasteiger partial charge on any atom is -0.383 e. The molecule has 3 aliphatic rings. The summed E-state index contributed by atoms with van der Waals surface area (Å²) in [5, 5.41) is 7.70. The summed E-state index contributed by atoms with van der Waals surface area (Å²) >= 11 is 0. The Labute approximate surface area is 234 Å². The number of hydrogen-bond donors (Lipinski definition) is 0. The van der Waals surface area contributed by atoms with Crippen molar-refractivity contribution in [3.63, 3.8) is 0 Å². The molecule has 1 amide bonds. The summed E-state index contributed by atoms with van der Waals surface area (Å²) < 4.78 is 70.9. The number of fused-ring (bicyclic) bond motifs is 1. The van der Waals surface area contributed by atoms with E-state index < -0.39 is 29.2 Å². The highest BCUT2D eigenvalue weighted by atomic mass is 19.4. The second kappa shape index (κ2) is 10.5. The van der Waals surface area contributed by atoms with Gasteiger partial charge in [0.05, 0.1) is 37.3 Å². The predicted molar refractivity (Wildman–Crippen MR) is 141 cm³/mol. The molecule has 3 aromatic rings. The standard InChI is InChI=1S/C29H31F4N5O3/c1-36-17-34-35-26(36)25(30)28(15-41-16-28)19-5-3-6-20(11-19)38-13-23-22(27(38)39)9-18(10-24(23)29(31,32)33)12-37-8-4-7-21(37)14-40-2/h3,5-6,9-11,17,21,25H,4,7-8,12-16H2,1-2H3/t21-,25-/m1/s1. The fourth-order valence-electron chi connectivity index (χ4n) is 6.27. The van der Waals surface area contributed by atoms with Crippen molar-refractivity contribution in [2.75, 3.05) is 38.4 Å². The molecule has 4 heterocycles. The Bertz CT molecular complexity index is 1450. The Hall–Kier alpha value is -3.35. The highest BCUT2D eigenvalue weighted by molar-refractivity contribution is 6.10. The van der Waals surface area contributed by atoms with Crippen LogP contribution in [0.4, 0.5) is 23.2 Å². The van der Waals surface area contributed by atoms with Crippen molar-refractivity contribution >= 4 is 11.6 Å². The van der Waals surface area contributed by atoms with Crippen LogP contribution in [-0.4, -0.2) is 65.1 Å². The number of alkyl halides is 4. The molecular weight excluding hydrogens is 542 g/mol. The average Bonchev–Trinajstić information content (AvgIpc) is 3.62. The van der Waals surface area contributed by atoms with Crippen LogP contribution in [-0.2, 0) is 41.2 Å². The number of benzene rings is 2. The molecule has 0 saturated carbocycles. The lowest BCUT2D eigenvalue weighted by atomic mass is 9.74. The van der Waals surface area contributed by atoms with E-state index in [1.807, 2.05) is 0 Å².